The number of hydrogen-bond acceptors (Lipinski definition) is 3. The second-order valence-corrected chi connectivity index (χ2v) is 6.11. The zero-order chi connectivity index (χ0) is 12.0. The van der Waals surface area contributed by atoms with Gasteiger partial charge in [0.2, 0.25) is 0 Å². The number of rotatable bonds is 7. The van der Waals surface area contributed by atoms with Gasteiger partial charge < -0.3 is 10.1 Å². The van der Waals surface area contributed by atoms with Gasteiger partial charge in [0.05, 0.1) is 13.2 Å². The monoisotopic (exact) mass is 323 g/mol. The highest BCUT2D eigenvalue weighted by atomic mass is 79.9. The SMILES string of the molecule is C=C(C)COCCNCc1cc(Br)c(Cl)s1. The molecule has 90 valence electrons. The highest BCUT2D eigenvalue weighted by molar-refractivity contribution is 9.10. The zero-order valence-corrected chi connectivity index (χ0v) is 12.3. The third-order valence-electron chi connectivity index (χ3n) is 1.77. The summed E-state index contributed by atoms with van der Waals surface area (Å²) >= 11 is 10.9. The Morgan fingerprint density at radius 3 is 3.00 bits per heavy atom. The summed E-state index contributed by atoms with van der Waals surface area (Å²) in [6, 6.07) is 2.04. The summed E-state index contributed by atoms with van der Waals surface area (Å²) in [5.74, 6) is 0. The van der Waals surface area contributed by atoms with Gasteiger partial charge in [-0.25, -0.2) is 0 Å². The minimum absolute atomic E-state index is 0.637. The van der Waals surface area contributed by atoms with Crippen molar-refractivity contribution in [3.8, 4) is 0 Å². The molecule has 0 aliphatic rings. The van der Waals surface area contributed by atoms with E-state index in [0.29, 0.717) is 13.2 Å². The van der Waals surface area contributed by atoms with E-state index in [1.54, 1.807) is 11.3 Å². The van der Waals surface area contributed by atoms with E-state index in [4.69, 9.17) is 16.3 Å². The molecule has 16 heavy (non-hydrogen) atoms. The van der Waals surface area contributed by atoms with Gasteiger partial charge in [0.25, 0.3) is 0 Å². The molecule has 0 unspecified atom stereocenters. The maximum atomic E-state index is 5.94. The van der Waals surface area contributed by atoms with Crippen molar-refractivity contribution in [3.05, 3.63) is 31.9 Å². The Morgan fingerprint density at radius 2 is 2.44 bits per heavy atom. The van der Waals surface area contributed by atoms with Gasteiger partial charge in [0.15, 0.2) is 0 Å². The highest BCUT2D eigenvalue weighted by Crippen LogP contribution is 2.31. The Morgan fingerprint density at radius 1 is 1.69 bits per heavy atom. The first-order valence-corrected chi connectivity index (χ1v) is 6.95. The van der Waals surface area contributed by atoms with Gasteiger partial charge in [-0.3, -0.25) is 0 Å². The lowest BCUT2D eigenvalue weighted by Crippen LogP contribution is -2.19. The molecular formula is C11H15BrClNOS. The minimum atomic E-state index is 0.637. The van der Waals surface area contributed by atoms with E-state index in [2.05, 4.69) is 27.8 Å². The summed E-state index contributed by atoms with van der Waals surface area (Å²) in [6.07, 6.45) is 0. The molecule has 0 radical (unpaired) electrons. The van der Waals surface area contributed by atoms with E-state index in [0.717, 1.165) is 27.5 Å². The quantitative estimate of drug-likeness (QED) is 0.607. The van der Waals surface area contributed by atoms with Crippen molar-refractivity contribution in [1.82, 2.24) is 5.32 Å². The van der Waals surface area contributed by atoms with Crippen molar-refractivity contribution in [2.24, 2.45) is 0 Å². The first kappa shape index (κ1) is 14.2. The van der Waals surface area contributed by atoms with Gasteiger partial charge in [0.1, 0.15) is 4.34 Å². The number of halogens is 2. The summed E-state index contributed by atoms with van der Waals surface area (Å²) < 4.78 is 7.14. The predicted molar refractivity (Wildman–Crippen MR) is 74.4 cm³/mol. The van der Waals surface area contributed by atoms with Crippen LogP contribution in [0.2, 0.25) is 4.34 Å². The summed E-state index contributed by atoms with van der Waals surface area (Å²) in [4.78, 5) is 1.22. The molecule has 0 bridgehead atoms. The van der Waals surface area contributed by atoms with Crippen LogP contribution in [0.1, 0.15) is 11.8 Å². The van der Waals surface area contributed by atoms with Crippen LogP contribution in [0.4, 0.5) is 0 Å². The van der Waals surface area contributed by atoms with E-state index in [9.17, 15) is 0 Å². The topological polar surface area (TPSA) is 21.3 Å². The van der Waals surface area contributed by atoms with Crippen LogP contribution in [0.5, 0.6) is 0 Å². The predicted octanol–water partition coefficient (Wildman–Crippen LogP) is 3.85. The molecular weight excluding hydrogens is 310 g/mol. The molecule has 0 fully saturated rings. The normalized spacial score (nSPS) is 10.7. The highest BCUT2D eigenvalue weighted by Gasteiger charge is 2.03. The van der Waals surface area contributed by atoms with Gasteiger partial charge in [0, 0.05) is 22.4 Å². The van der Waals surface area contributed by atoms with Crippen LogP contribution in [-0.2, 0) is 11.3 Å². The van der Waals surface area contributed by atoms with Gasteiger partial charge in [-0.2, -0.15) is 0 Å². The molecule has 0 saturated heterocycles. The van der Waals surface area contributed by atoms with E-state index in [-0.39, 0.29) is 0 Å². The van der Waals surface area contributed by atoms with Crippen LogP contribution < -0.4 is 5.32 Å². The maximum Gasteiger partial charge on any atom is 0.107 e. The summed E-state index contributed by atoms with van der Waals surface area (Å²) in [5.41, 5.74) is 1.05. The minimum Gasteiger partial charge on any atom is -0.376 e. The van der Waals surface area contributed by atoms with Crippen LogP contribution >= 0.6 is 38.9 Å². The van der Waals surface area contributed by atoms with E-state index in [1.165, 1.54) is 4.88 Å². The fraction of sp³-hybridized carbons (Fsp3) is 0.455. The van der Waals surface area contributed by atoms with Gasteiger partial charge >= 0.3 is 0 Å². The van der Waals surface area contributed by atoms with Gasteiger partial charge in [-0.1, -0.05) is 23.8 Å². The largest absolute Gasteiger partial charge is 0.376 e. The molecule has 1 rings (SSSR count). The van der Waals surface area contributed by atoms with Crippen LogP contribution in [0.3, 0.4) is 0 Å². The smallest absolute Gasteiger partial charge is 0.107 e. The van der Waals surface area contributed by atoms with Gasteiger partial charge in [-0.05, 0) is 28.9 Å². The average Bonchev–Trinajstić information content (AvgIpc) is 2.52. The molecule has 0 saturated carbocycles. The van der Waals surface area contributed by atoms with E-state index in [1.807, 2.05) is 13.0 Å². The lowest BCUT2D eigenvalue weighted by Gasteiger charge is -2.04. The van der Waals surface area contributed by atoms with Crippen molar-refractivity contribution >= 4 is 38.9 Å². The Labute approximate surface area is 114 Å². The third-order valence-corrected chi connectivity index (χ3v) is 4.24. The standard InChI is InChI=1S/C11H15BrClNOS/c1-8(2)7-15-4-3-14-6-9-5-10(12)11(13)16-9/h5,14H,1,3-4,6-7H2,2H3. The lowest BCUT2D eigenvalue weighted by molar-refractivity contribution is 0.158. The molecule has 1 aromatic rings. The molecule has 0 aliphatic carbocycles. The Hall–Kier alpha value is 0.130. The van der Waals surface area contributed by atoms with Crippen LogP contribution in [0.25, 0.3) is 0 Å². The van der Waals surface area contributed by atoms with Crippen molar-refractivity contribution < 1.29 is 4.74 Å². The van der Waals surface area contributed by atoms with Crippen LogP contribution in [0.15, 0.2) is 22.7 Å². The molecule has 0 atom stereocenters. The molecule has 1 heterocycles. The van der Waals surface area contributed by atoms with Gasteiger partial charge in [-0.15, -0.1) is 11.3 Å². The second kappa shape index (κ2) is 7.45. The van der Waals surface area contributed by atoms with Crippen molar-refractivity contribution in [2.45, 2.75) is 13.5 Å². The number of ether oxygens (including phenoxy) is 1. The Bertz CT molecular complexity index is 334. The number of nitrogens with one attached hydrogen (secondary N) is 1. The summed E-state index contributed by atoms with van der Waals surface area (Å²) in [6.45, 7) is 8.72. The molecule has 0 aliphatic heterocycles. The third kappa shape index (κ3) is 5.46. The van der Waals surface area contributed by atoms with Crippen molar-refractivity contribution in [2.75, 3.05) is 19.8 Å². The fourth-order valence-corrected chi connectivity index (χ4v) is 2.84. The molecule has 5 heteroatoms. The molecule has 0 amide bonds. The molecule has 2 nitrogen and oxygen atoms in total. The van der Waals surface area contributed by atoms with Crippen LogP contribution in [0, 0.1) is 0 Å². The Kier molecular flexibility index (Phi) is 6.61. The maximum absolute atomic E-state index is 5.94. The lowest BCUT2D eigenvalue weighted by atomic mass is 10.4. The average molecular weight is 325 g/mol. The first-order chi connectivity index (χ1) is 7.59. The molecule has 0 aromatic carbocycles. The molecule has 1 aromatic heterocycles. The summed E-state index contributed by atoms with van der Waals surface area (Å²) in [7, 11) is 0. The fourth-order valence-electron chi connectivity index (χ4n) is 1.08. The number of hydrogen-bond donors (Lipinski definition) is 1. The molecule has 0 spiro atoms. The van der Waals surface area contributed by atoms with E-state index >= 15 is 0 Å². The summed E-state index contributed by atoms with van der Waals surface area (Å²) in [5, 5.41) is 3.29. The zero-order valence-electron chi connectivity index (χ0n) is 9.19. The van der Waals surface area contributed by atoms with Crippen molar-refractivity contribution in [3.63, 3.8) is 0 Å². The van der Waals surface area contributed by atoms with Crippen molar-refractivity contribution in [1.29, 1.82) is 0 Å². The first-order valence-electron chi connectivity index (χ1n) is 4.96. The van der Waals surface area contributed by atoms with Crippen LogP contribution in [-0.4, -0.2) is 19.8 Å². The molecule has 1 N–H and O–H groups in total. The second-order valence-electron chi connectivity index (χ2n) is 3.52. The Balaban J connectivity index is 2.09. The number of thiophene rings is 1. The van der Waals surface area contributed by atoms with E-state index < -0.39 is 0 Å².